The number of ether oxygens (including phenoxy) is 1. The summed E-state index contributed by atoms with van der Waals surface area (Å²) in [5.41, 5.74) is 2.22. The summed E-state index contributed by atoms with van der Waals surface area (Å²) in [6.45, 7) is 2.80. The first kappa shape index (κ1) is 13.4. The van der Waals surface area contributed by atoms with Crippen LogP contribution in [-0.2, 0) is 0 Å². The number of aryl methyl sites for hydroxylation is 1. The van der Waals surface area contributed by atoms with Gasteiger partial charge in [0.15, 0.2) is 0 Å². The molecule has 0 bridgehead atoms. The Morgan fingerprint density at radius 3 is 2.42 bits per heavy atom. The van der Waals surface area contributed by atoms with Crippen LogP contribution in [0.15, 0.2) is 54.6 Å². The normalized spacial score (nSPS) is 11.9. The lowest BCUT2D eigenvalue weighted by atomic mass is 10.2. The molecule has 0 aliphatic carbocycles. The molecule has 1 unspecified atom stereocenters. The molecular formula is C16H19NO2. The topological polar surface area (TPSA) is 41.5 Å². The van der Waals surface area contributed by atoms with Gasteiger partial charge in [-0.05, 0) is 31.2 Å². The van der Waals surface area contributed by atoms with E-state index >= 15 is 0 Å². The number of aliphatic hydroxyl groups is 1. The summed E-state index contributed by atoms with van der Waals surface area (Å²) in [6.07, 6.45) is -0.540. The molecule has 3 heteroatoms. The van der Waals surface area contributed by atoms with Crippen molar-refractivity contribution in [2.75, 3.05) is 18.5 Å². The Morgan fingerprint density at radius 2 is 1.74 bits per heavy atom. The van der Waals surface area contributed by atoms with Gasteiger partial charge in [0.1, 0.15) is 18.5 Å². The minimum absolute atomic E-state index is 0.281. The van der Waals surface area contributed by atoms with E-state index in [4.69, 9.17) is 4.74 Å². The molecule has 0 aromatic heterocycles. The van der Waals surface area contributed by atoms with Gasteiger partial charge in [-0.1, -0.05) is 35.9 Å². The van der Waals surface area contributed by atoms with Crippen LogP contribution in [-0.4, -0.2) is 24.4 Å². The van der Waals surface area contributed by atoms with Gasteiger partial charge in [0, 0.05) is 12.2 Å². The minimum atomic E-state index is -0.540. The zero-order chi connectivity index (χ0) is 13.5. The van der Waals surface area contributed by atoms with Gasteiger partial charge < -0.3 is 15.2 Å². The van der Waals surface area contributed by atoms with Crippen molar-refractivity contribution in [1.29, 1.82) is 0 Å². The molecule has 0 aliphatic heterocycles. The summed E-state index contributed by atoms with van der Waals surface area (Å²) in [4.78, 5) is 0. The smallest absolute Gasteiger partial charge is 0.119 e. The number of hydrogen-bond donors (Lipinski definition) is 2. The van der Waals surface area contributed by atoms with E-state index in [0.717, 1.165) is 11.4 Å². The molecule has 0 aliphatic rings. The van der Waals surface area contributed by atoms with Crippen molar-refractivity contribution in [3.05, 3.63) is 60.2 Å². The van der Waals surface area contributed by atoms with Gasteiger partial charge in [0.25, 0.3) is 0 Å². The van der Waals surface area contributed by atoms with Crippen LogP contribution in [0.25, 0.3) is 0 Å². The molecule has 2 rings (SSSR count). The van der Waals surface area contributed by atoms with Crippen molar-refractivity contribution in [1.82, 2.24) is 0 Å². The van der Waals surface area contributed by atoms with Crippen LogP contribution in [0.3, 0.4) is 0 Å². The van der Waals surface area contributed by atoms with Crippen molar-refractivity contribution >= 4 is 5.69 Å². The summed E-state index contributed by atoms with van der Waals surface area (Å²) in [5.74, 6) is 0.775. The molecule has 0 radical (unpaired) electrons. The molecule has 2 aromatic rings. The van der Waals surface area contributed by atoms with Crippen LogP contribution in [0.5, 0.6) is 5.75 Å². The third-order valence-corrected chi connectivity index (χ3v) is 2.78. The largest absolute Gasteiger partial charge is 0.491 e. The molecule has 0 saturated carbocycles. The number of hydrogen-bond acceptors (Lipinski definition) is 3. The maximum absolute atomic E-state index is 9.84. The number of rotatable bonds is 6. The van der Waals surface area contributed by atoms with E-state index in [2.05, 4.69) is 5.32 Å². The fourth-order valence-electron chi connectivity index (χ4n) is 1.68. The highest BCUT2D eigenvalue weighted by Crippen LogP contribution is 2.10. The van der Waals surface area contributed by atoms with Crippen LogP contribution >= 0.6 is 0 Å². The van der Waals surface area contributed by atoms with E-state index in [1.807, 2.05) is 61.5 Å². The van der Waals surface area contributed by atoms with E-state index in [9.17, 15) is 5.11 Å². The quantitative estimate of drug-likeness (QED) is 0.836. The zero-order valence-corrected chi connectivity index (χ0v) is 11.0. The second-order valence-electron chi connectivity index (χ2n) is 4.52. The average molecular weight is 257 g/mol. The number of anilines is 1. The second kappa shape index (κ2) is 6.81. The van der Waals surface area contributed by atoms with Crippen LogP contribution in [0.4, 0.5) is 5.69 Å². The maximum Gasteiger partial charge on any atom is 0.119 e. The molecule has 0 saturated heterocycles. The molecule has 0 heterocycles. The molecule has 0 fully saturated rings. The highest BCUT2D eigenvalue weighted by Gasteiger charge is 2.04. The van der Waals surface area contributed by atoms with E-state index in [-0.39, 0.29) is 6.61 Å². The fraction of sp³-hybridized carbons (Fsp3) is 0.250. The predicted octanol–water partition coefficient (Wildman–Crippen LogP) is 2.85. The van der Waals surface area contributed by atoms with E-state index in [1.54, 1.807) is 0 Å². The molecule has 2 N–H and O–H groups in total. The first-order chi connectivity index (χ1) is 9.24. The number of para-hydroxylation sites is 1. The Bertz CT molecular complexity index is 482. The van der Waals surface area contributed by atoms with Gasteiger partial charge in [0.05, 0.1) is 0 Å². The Balaban J connectivity index is 1.72. The first-order valence-corrected chi connectivity index (χ1v) is 6.40. The standard InChI is InChI=1S/C16H19NO2/c1-13-7-9-14(10-8-13)17-11-15(18)12-19-16-5-3-2-4-6-16/h2-10,15,17-18H,11-12H2,1H3. The summed E-state index contributed by atoms with van der Waals surface area (Å²) >= 11 is 0. The Kier molecular flexibility index (Phi) is 4.81. The molecule has 1 atom stereocenters. The summed E-state index contributed by atoms with van der Waals surface area (Å²) in [5, 5.41) is 13.0. The van der Waals surface area contributed by atoms with Crippen LogP contribution in [0, 0.1) is 6.92 Å². The monoisotopic (exact) mass is 257 g/mol. The minimum Gasteiger partial charge on any atom is -0.491 e. The lowest BCUT2D eigenvalue weighted by Crippen LogP contribution is -2.26. The summed E-state index contributed by atoms with van der Waals surface area (Å²) in [7, 11) is 0. The van der Waals surface area contributed by atoms with Gasteiger partial charge in [-0.25, -0.2) is 0 Å². The molecule has 2 aromatic carbocycles. The third-order valence-electron chi connectivity index (χ3n) is 2.78. The van der Waals surface area contributed by atoms with E-state index in [0.29, 0.717) is 6.54 Å². The van der Waals surface area contributed by atoms with Crippen LogP contribution in [0.1, 0.15) is 5.56 Å². The van der Waals surface area contributed by atoms with E-state index < -0.39 is 6.10 Å². The van der Waals surface area contributed by atoms with Gasteiger partial charge >= 0.3 is 0 Å². The van der Waals surface area contributed by atoms with Gasteiger partial charge in [-0.15, -0.1) is 0 Å². The lowest BCUT2D eigenvalue weighted by Gasteiger charge is -2.14. The number of nitrogens with one attached hydrogen (secondary N) is 1. The predicted molar refractivity (Wildman–Crippen MR) is 77.6 cm³/mol. The fourth-order valence-corrected chi connectivity index (χ4v) is 1.68. The van der Waals surface area contributed by atoms with Crippen LogP contribution < -0.4 is 10.1 Å². The molecule has 3 nitrogen and oxygen atoms in total. The molecule has 19 heavy (non-hydrogen) atoms. The first-order valence-electron chi connectivity index (χ1n) is 6.40. The Hall–Kier alpha value is -2.00. The molecular weight excluding hydrogens is 238 g/mol. The second-order valence-corrected chi connectivity index (χ2v) is 4.52. The van der Waals surface area contributed by atoms with Crippen molar-refractivity contribution < 1.29 is 9.84 Å². The maximum atomic E-state index is 9.84. The van der Waals surface area contributed by atoms with Gasteiger partial charge in [0.2, 0.25) is 0 Å². The number of benzene rings is 2. The van der Waals surface area contributed by atoms with E-state index in [1.165, 1.54) is 5.56 Å². The summed E-state index contributed by atoms with van der Waals surface area (Å²) in [6, 6.07) is 17.6. The molecule has 0 spiro atoms. The van der Waals surface area contributed by atoms with Crippen molar-refractivity contribution in [3.63, 3.8) is 0 Å². The van der Waals surface area contributed by atoms with Crippen molar-refractivity contribution in [3.8, 4) is 5.75 Å². The zero-order valence-electron chi connectivity index (χ0n) is 11.0. The van der Waals surface area contributed by atoms with Gasteiger partial charge in [-0.2, -0.15) is 0 Å². The van der Waals surface area contributed by atoms with Gasteiger partial charge in [-0.3, -0.25) is 0 Å². The third kappa shape index (κ3) is 4.64. The highest BCUT2D eigenvalue weighted by atomic mass is 16.5. The molecule has 100 valence electrons. The highest BCUT2D eigenvalue weighted by molar-refractivity contribution is 5.44. The summed E-state index contributed by atoms with van der Waals surface area (Å²) < 4.78 is 5.49. The Labute approximate surface area is 113 Å². The number of aliphatic hydroxyl groups excluding tert-OH is 1. The molecule has 0 amide bonds. The average Bonchev–Trinajstić information content (AvgIpc) is 2.45. The Morgan fingerprint density at radius 1 is 1.05 bits per heavy atom. The van der Waals surface area contributed by atoms with Crippen molar-refractivity contribution in [2.45, 2.75) is 13.0 Å². The van der Waals surface area contributed by atoms with Crippen LogP contribution in [0.2, 0.25) is 0 Å². The lowest BCUT2D eigenvalue weighted by molar-refractivity contribution is 0.117. The van der Waals surface area contributed by atoms with Crippen molar-refractivity contribution in [2.24, 2.45) is 0 Å². The SMILES string of the molecule is Cc1ccc(NCC(O)COc2ccccc2)cc1.